The maximum Gasteiger partial charge on any atom is 0.270 e. The summed E-state index contributed by atoms with van der Waals surface area (Å²) >= 11 is 7.38. The molecule has 0 aliphatic rings. The standard InChI is InChI=1S/C22H17ClN4O4S/c1-12-6-7-15(9-18(12)23)25-20(28)13(2)26-11-24-21-19(22(26)29)17(10-32-21)14-4-3-5-16(8-14)27(30)31/h3-11,13H,1-2H3,(H,25,28). The van der Waals surface area contributed by atoms with Gasteiger partial charge in [0, 0.05) is 33.8 Å². The lowest BCUT2D eigenvalue weighted by Gasteiger charge is -2.15. The van der Waals surface area contributed by atoms with Gasteiger partial charge in [-0.1, -0.05) is 29.8 Å². The maximum absolute atomic E-state index is 13.3. The molecule has 4 aromatic rings. The highest BCUT2D eigenvalue weighted by Crippen LogP contribution is 2.32. The van der Waals surface area contributed by atoms with Gasteiger partial charge in [0.25, 0.3) is 11.2 Å². The van der Waals surface area contributed by atoms with Gasteiger partial charge in [-0.2, -0.15) is 0 Å². The number of amides is 1. The molecule has 162 valence electrons. The van der Waals surface area contributed by atoms with Crippen molar-refractivity contribution in [2.75, 3.05) is 5.32 Å². The van der Waals surface area contributed by atoms with Crippen molar-refractivity contribution in [2.24, 2.45) is 0 Å². The highest BCUT2D eigenvalue weighted by molar-refractivity contribution is 7.17. The van der Waals surface area contributed by atoms with Gasteiger partial charge in [0.1, 0.15) is 10.9 Å². The molecule has 2 aromatic heterocycles. The molecule has 1 N–H and O–H groups in total. The molecule has 0 aliphatic heterocycles. The number of halogens is 1. The van der Waals surface area contributed by atoms with E-state index >= 15 is 0 Å². The molecular weight excluding hydrogens is 452 g/mol. The molecule has 0 saturated carbocycles. The fourth-order valence-corrected chi connectivity index (χ4v) is 4.35. The second kappa shape index (κ2) is 8.52. The van der Waals surface area contributed by atoms with E-state index in [4.69, 9.17) is 11.6 Å². The predicted octanol–water partition coefficient (Wildman–Crippen LogP) is 5.19. The zero-order valence-electron chi connectivity index (χ0n) is 17.0. The van der Waals surface area contributed by atoms with Crippen LogP contribution in [0.1, 0.15) is 18.5 Å². The van der Waals surface area contributed by atoms with Crippen LogP contribution in [0, 0.1) is 17.0 Å². The number of aryl methyl sites for hydroxylation is 1. The lowest BCUT2D eigenvalue weighted by atomic mass is 10.1. The molecular formula is C22H17ClN4O4S. The summed E-state index contributed by atoms with van der Waals surface area (Å²) in [6, 6.07) is 10.4. The Labute approximate surface area is 191 Å². The van der Waals surface area contributed by atoms with E-state index in [1.54, 1.807) is 42.6 Å². The van der Waals surface area contributed by atoms with Crippen molar-refractivity contribution in [2.45, 2.75) is 19.9 Å². The Morgan fingerprint density at radius 2 is 2.06 bits per heavy atom. The molecule has 8 nitrogen and oxygen atoms in total. The largest absolute Gasteiger partial charge is 0.324 e. The summed E-state index contributed by atoms with van der Waals surface area (Å²) in [5.41, 5.74) is 2.01. The van der Waals surface area contributed by atoms with E-state index in [2.05, 4.69) is 10.3 Å². The van der Waals surface area contributed by atoms with E-state index in [0.717, 1.165) is 5.56 Å². The minimum absolute atomic E-state index is 0.0735. The summed E-state index contributed by atoms with van der Waals surface area (Å²) < 4.78 is 1.25. The average molecular weight is 469 g/mol. The Morgan fingerprint density at radius 1 is 1.28 bits per heavy atom. The Hall–Kier alpha value is -3.56. The van der Waals surface area contributed by atoms with Gasteiger partial charge < -0.3 is 5.32 Å². The second-order valence-corrected chi connectivity index (χ2v) is 8.49. The van der Waals surface area contributed by atoms with Crippen LogP contribution in [0.5, 0.6) is 0 Å². The Kier molecular flexibility index (Phi) is 5.77. The van der Waals surface area contributed by atoms with E-state index in [1.807, 2.05) is 6.92 Å². The number of carbonyl (C=O) groups is 1. The van der Waals surface area contributed by atoms with Gasteiger partial charge in [0.15, 0.2) is 0 Å². The molecule has 1 unspecified atom stereocenters. The number of nitro groups is 1. The van der Waals surface area contributed by atoms with Crippen LogP contribution in [0.4, 0.5) is 11.4 Å². The number of rotatable bonds is 5. The lowest BCUT2D eigenvalue weighted by Crippen LogP contribution is -2.31. The highest BCUT2D eigenvalue weighted by atomic mass is 35.5. The molecule has 2 aromatic carbocycles. The number of nitro benzene ring substituents is 1. The van der Waals surface area contributed by atoms with Gasteiger partial charge in [-0.05, 0) is 37.1 Å². The van der Waals surface area contributed by atoms with Gasteiger partial charge in [-0.3, -0.25) is 24.3 Å². The predicted molar refractivity (Wildman–Crippen MR) is 126 cm³/mol. The Morgan fingerprint density at radius 3 is 2.78 bits per heavy atom. The van der Waals surface area contributed by atoms with Crippen LogP contribution in [-0.4, -0.2) is 20.4 Å². The highest BCUT2D eigenvalue weighted by Gasteiger charge is 2.21. The van der Waals surface area contributed by atoms with Crippen LogP contribution in [0.25, 0.3) is 21.3 Å². The fraction of sp³-hybridized carbons (Fsp3) is 0.136. The van der Waals surface area contributed by atoms with E-state index in [0.29, 0.717) is 32.1 Å². The van der Waals surface area contributed by atoms with Gasteiger partial charge in [0.2, 0.25) is 5.91 Å². The topological polar surface area (TPSA) is 107 Å². The molecule has 2 heterocycles. The number of nitrogens with one attached hydrogen (secondary N) is 1. The van der Waals surface area contributed by atoms with Crippen molar-refractivity contribution < 1.29 is 9.72 Å². The normalized spacial score (nSPS) is 12.0. The molecule has 0 saturated heterocycles. The molecule has 0 fully saturated rings. The summed E-state index contributed by atoms with van der Waals surface area (Å²) in [7, 11) is 0. The monoisotopic (exact) mass is 468 g/mol. The average Bonchev–Trinajstić information content (AvgIpc) is 3.21. The number of aromatic nitrogens is 2. The van der Waals surface area contributed by atoms with E-state index in [9.17, 15) is 19.7 Å². The molecule has 0 radical (unpaired) electrons. The third kappa shape index (κ3) is 4.00. The number of benzene rings is 2. The molecule has 0 spiro atoms. The van der Waals surface area contributed by atoms with Crippen LogP contribution in [-0.2, 0) is 4.79 Å². The van der Waals surface area contributed by atoms with Crippen LogP contribution >= 0.6 is 22.9 Å². The zero-order chi connectivity index (χ0) is 23.0. The quantitative estimate of drug-likeness (QED) is 0.320. The Bertz CT molecular complexity index is 1430. The van der Waals surface area contributed by atoms with Crippen molar-refractivity contribution in [3.8, 4) is 11.1 Å². The lowest BCUT2D eigenvalue weighted by molar-refractivity contribution is -0.384. The van der Waals surface area contributed by atoms with Crippen LogP contribution in [0.2, 0.25) is 5.02 Å². The minimum atomic E-state index is -0.850. The number of non-ortho nitro benzene ring substituents is 1. The van der Waals surface area contributed by atoms with E-state index in [-0.39, 0.29) is 5.69 Å². The first kappa shape index (κ1) is 21.7. The first-order valence-corrected chi connectivity index (χ1v) is 10.8. The number of nitrogens with zero attached hydrogens (tertiary/aromatic N) is 3. The fourth-order valence-electron chi connectivity index (χ4n) is 3.26. The number of fused-ring (bicyclic) bond motifs is 1. The number of hydrogen-bond donors (Lipinski definition) is 1. The van der Waals surface area contributed by atoms with Crippen molar-refractivity contribution in [3.05, 3.63) is 85.2 Å². The van der Waals surface area contributed by atoms with Crippen molar-refractivity contribution in [1.29, 1.82) is 0 Å². The first-order chi connectivity index (χ1) is 15.3. The van der Waals surface area contributed by atoms with Crippen LogP contribution < -0.4 is 10.9 Å². The van der Waals surface area contributed by atoms with Crippen LogP contribution in [0.15, 0.2) is 59.0 Å². The summed E-state index contributed by atoms with van der Waals surface area (Å²) in [6.45, 7) is 3.45. The summed E-state index contributed by atoms with van der Waals surface area (Å²) in [5, 5.41) is 16.5. The van der Waals surface area contributed by atoms with Crippen LogP contribution in [0.3, 0.4) is 0 Å². The summed E-state index contributed by atoms with van der Waals surface area (Å²) in [5.74, 6) is -0.403. The summed E-state index contributed by atoms with van der Waals surface area (Å²) in [4.78, 5) is 41.6. The molecule has 1 atom stereocenters. The number of hydrogen-bond acceptors (Lipinski definition) is 6. The molecule has 0 aliphatic carbocycles. The maximum atomic E-state index is 13.3. The Balaban J connectivity index is 1.71. The third-order valence-electron chi connectivity index (χ3n) is 5.12. The summed E-state index contributed by atoms with van der Waals surface area (Å²) in [6.07, 6.45) is 1.34. The van der Waals surface area contributed by atoms with Gasteiger partial charge >= 0.3 is 0 Å². The zero-order valence-corrected chi connectivity index (χ0v) is 18.6. The molecule has 10 heteroatoms. The SMILES string of the molecule is Cc1ccc(NC(=O)C(C)n2cnc3scc(-c4cccc([N+](=O)[O-])c4)c3c2=O)cc1Cl. The second-order valence-electron chi connectivity index (χ2n) is 7.22. The third-order valence-corrected chi connectivity index (χ3v) is 6.42. The minimum Gasteiger partial charge on any atom is -0.324 e. The molecule has 32 heavy (non-hydrogen) atoms. The molecule has 1 amide bonds. The number of thiophene rings is 1. The first-order valence-electron chi connectivity index (χ1n) is 9.56. The smallest absolute Gasteiger partial charge is 0.270 e. The molecule has 4 rings (SSSR count). The number of carbonyl (C=O) groups excluding carboxylic acids is 1. The van der Waals surface area contributed by atoms with Crippen molar-refractivity contribution >= 4 is 50.4 Å². The van der Waals surface area contributed by atoms with Gasteiger partial charge in [-0.15, -0.1) is 11.3 Å². The van der Waals surface area contributed by atoms with Gasteiger partial charge in [-0.25, -0.2) is 4.98 Å². The van der Waals surface area contributed by atoms with E-state index < -0.39 is 22.4 Å². The molecule has 0 bridgehead atoms. The van der Waals surface area contributed by atoms with E-state index in [1.165, 1.54) is 34.4 Å². The van der Waals surface area contributed by atoms with Crippen molar-refractivity contribution in [3.63, 3.8) is 0 Å². The van der Waals surface area contributed by atoms with Gasteiger partial charge in [0.05, 0.1) is 16.6 Å². The van der Waals surface area contributed by atoms with Crippen molar-refractivity contribution in [1.82, 2.24) is 9.55 Å². The number of anilines is 1.